The van der Waals surface area contributed by atoms with Crippen molar-refractivity contribution < 1.29 is 4.74 Å². The van der Waals surface area contributed by atoms with Crippen LogP contribution in [0.3, 0.4) is 0 Å². The summed E-state index contributed by atoms with van der Waals surface area (Å²) in [6, 6.07) is 0. The molecule has 2 nitrogen and oxygen atoms in total. The van der Waals surface area contributed by atoms with E-state index in [1.165, 1.54) is 0 Å². The Morgan fingerprint density at radius 3 is 2.88 bits per heavy atom. The number of hydrogen-bond donors (Lipinski definition) is 1. The summed E-state index contributed by atoms with van der Waals surface area (Å²) in [4.78, 5) is 0. The summed E-state index contributed by atoms with van der Waals surface area (Å²) in [6.07, 6.45) is 5.32. The Labute approximate surface area is 48.6 Å². The van der Waals surface area contributed by atoms with Gasteiger partial charge in [0.05, 0.1) is 6.26 Å². The van der Waals surface area contributed by atoms with Crippen LogP contribution in [0.1, 0.15) is 6.92 Å². The molecule has 0 fully saturated rings. The molecule has 0 aromatic heterocycles. The Bertz CT molecular complexity index is 137. The van der Waals surface area contributed by atoms with Crippen LogP contribution in [0.2, 0.25) is 0 Å². The lowest BCUT2D eigenvalue weighted by Gasteiger charge is -2.13. The average molecular weight is 111 g/mol. The fourth-order valence-electron chi connectivity index (χ4n) is 0.528. The number of allylic oxidation sites excluding steroid dienone is 2. The predicted molar refractivity (Wildman–Crippen MR) is 32.0 cm³/mol. The summed E-state index contributed by atoms with van der Waals surface area (Å²) in [5.74, 6) is 0. The Balaban J connectivity index is 2.66. The molecular formula is C6H9NO. The van der Waals surface area contributed by atoms with Crippen molar-refractivity contribution in [1.82, 2.24) is 0 Å². The van der Waals surface area contributed by atoms with Gasteiger partial charge in [0.1, 0.15) is 6.10 Å². The van der Waals surface area contributed by atoms with E-state index in [0.29, 0.717) is 0 Å². The minimum absolute atomic E-state index is 0.0556. The monoisotopic (exact) mass is 111 g/mol. The molecule has 0 radical (unpaired) electrons. The Kier molecular flexibility index (Phi) is 1.24. The normalized spacial score (nSPS) is 26.6. The second-order valence-corrected chi connectivity index (χ2v) is 1.77. The first-order valence-electron chi connectivity index (χ1n) is 2.58. The van der Waals surface area contributed by atoms with Gasteiger partial charge in [0, 0.05) is 5.70 Å². The fraction of sp³-hybridized carbons (Fsp3) is 0.333. The van der Waals surface area contributed by atoms with E-state index in [9.17, 15) is 0 Å². The van der Waals surface area contributed by atoms with Crippen LogP contribution in [0.25, 0.3) is 0 Å². The van der Waals surface area contributed by atoms with Crippen LogP contribution < -0.4 is 5.73 Å². The highest BCUT2D eigenvalue weighted by molar-refractivity contribution is 5.14. The van der Waals surface area contributed by atoms with Gasteiger partial charge in [0.2, 0.25) is 0 Å². The van der Waals surface area contributed by atoms with Gasteiger partial charge >= 0.3 is 0 Å². The van der Waals surface area contributed by atoms with Gasteiger partial charge in [-0.3, -0.25) is 0 Å². The smallest absolute Gasteiger partial charge is 0.134 e. The van der Waals surface area contributed by atoms with E-state index < -0.39 is 0 Å². The standard InChI is InChI=1S/C6H9NO/c1-5-6(7)3-2-4-8-5/h2-5H,7H2,1H3. The Morgan fingerprint density at radius 2 is 2.50 bits per heavy atom. The first kappa shape index (κ1) is 5.22. The van der Waals surface area contributed by atoms with Crippen molar-refractivity contribution >= 4 is 0 Å². The molecule has 1 rings (SSSR count). The van der Waals surface area contributed by atoms with Crippen LogP contribution in [0.4, 0.5) is 0 Å². The summed E-state index contributed by atoms with van der Waals surface area (Å²) in [5, 5.41) is 0. The third-order valence-corrected chi connectivity index (χ3v) is 1.12. The van der Waals surface area contributed by atoms with Gasteiger partial charge in [-0.15, -0.1) is 0 Å². The van der Waals surface area contributed by atoms with Crippen molar-refractivity contribution in [3.8, 4) is 0 Å². The number of nitrogens with two attached hydrogens (primary N) is 1. The fourth-order valence-corrected chi connectivity index (χ4v) is 0.528. The second kappa shape index (κ2) is 1.90. The molecule has 0 saturated heterocycles. The second-order valence-electron chi connectivity index (χ2n) is 1.77. The van der Waals surface area contributed by atoms with Crippen molar-refractivity contribution in [2.45, 2.75) is 13.0 Å². The van der Waals surface area contributed by atoms with E-state index >= 15 is 0 Å². The molecule has 1 aliphatic rings. The summed E-state index contributed by atoms with van der Waals surface area (Å²) in [6.45, 7) is 1.91. The van der Waals surface area contributed by atoms with Gasteiger partial charge in [-0.25, -0.2) is 0 Å². The Morgan fingerprint density at radius 1 is 1.75 bits per heavy atom. The zero-order valence-electron chi connectivity index (χ0n) is 4.79. The molecule has 0 aliphatic carbocycles. The molecule has 1 unspecified atom stereocenters. The van der Waals surface area contributed by atoms with Crippen LogP contribution in [-0.2, 0) is 4.74 Å². The largest absolute Gasteiger partial charge is 0.492 e. The molecule has 1 atom stereocenters. The van der Waals surface area contributed by atoms with E-state index in [1.807, 2.05) is 13.0 Å². The first-order chi connectivity index (χ1) is 3.80. The summed E-state index contributed by atoms with van der Waals surface area (Å²) in [5.41, 5.74) is 6.25. The third-order valence-electron chi connectivity index (χ3n) is 1.12. The highest BCUT2D eigenvalue weighted by Crippen LogP contribution is 2.04. The minimum Gasteiger partial charge on any atom is -0.492 e. The summed E-state index contributed by atoms with van der Waals surface area (Å²) >= 11 is 0. The summed E-state index contributed by atoms with van der Waals surface area (Å²) in [7, 11) is 0. The minimum atomic E-state index is 0.0556. The number of hydrogen-bond acceptors (Lipinski definition) is 2. The van der Waals surface area contributed by atoms with Crippen molar-refractivity contribution in [3.05, 3.63) is 24.1 Å². The van der Waals surface area contributed by atoms with Crippen LogP contribution in [0.5, 0.6) is 0 Å². The molecule has 2 N–H and O–H groups in total. The maximum Gasteiger partial charge on any atom is 0.134 e. The molecule has 0 saturated carbocycles. The molecule has 2 heteroatoms. The van der Waals surface area contributed by atoms with Gasteiger partial charge in [-0.05, 0) is 19.1 Å². The quantitative estimate of drug-likeness (QED) is 0.501. The van der Waals surface area contributed by atoms with Crippen LogP contribution in [0.15, 0.2) is 24.1 Å². The molecule has 0 bridgehead atoms. The van der Waals surface area contributed by atoms with Gasteiger partial charge in [-0.1, -0.05) is 0 Å². The molecule has 0 spiro atoms. The molecule has 1 heterocycles. The zero-order valence-corrected chi connectivity index (χ0v) is 4.79. The molecule has 1 aliphatic heterocycles. The number of ether oxygens (including phenoxy) is 1. The van der Waals surface area contributed by atoms with Crippen molar-refractivity contribution in [2.75, 3.05) is 0 Å². The van der Waals surface area contributed by atoms with Crippen LogP contribution >= 0.6 is 0 Å². The van der Waals surface area contributed by atoms with Crippen molar-refractivity contribution in [2.24, 2.45) is 5.73 Å². The zero-order chi connectivity index (χ0) is 5.98. The summed E-state index contributed by atoms with van der Waals surface area (Å²) < 4.78 is 5.02. The SMILES string of the molecule is CC1OC=CC=C1N. The predicted octanol–water partition coefficient (Wildman–Crippen LogP) is 0.761. The van der Waals surface area contributed by atoms with Crippen molar-refractivity contribution in [1.29, 1.82) is 0 Å². The van der Waals surface area contributed by atoms with Gasteiger partial charge < -0.3 is 10.5 Å². The first-order valence-corrected chi connectivity index (χ1v) is 2.58. The topological polar surface area (TPSA) is 35.2 Å². The highest BCUT2D eigenvalue weighted by atomic mass is 16.5. The molecule has 0 amide bonds. The van der Waals surface area contributed by atoms with Gasteiger partial charge in [0.15, 0.2) is 0 Å². The molecule has 8 heavy (non-hydrogen) atoms. The molecular weight excluding hydrogens is 102 g/mol. The van der Waals surface area contributed by atoms with E-state index in [-0.39, 0.29) is 6.10 Å². The van der Waals surface area contributed by atoms with E-state index in [4.69, 9.17) is 10.5 Å². The van der Waals surface area contributed by atoms with Gasteiger partial charge in [0.25, 0.3) is 0 Å². The number of rotatable bonds is 0. The molecule has 0 aromatic rings. The highest BCUT2D eigenvalue weighted by Gasteiger charge is 2.04. The third kappa shape index (κ3) is 0.832. The molecule has 0 aromatic carbocycles. The lowest BCUT2D eigenvalue weighted by molar-refractivity contribution is 0.188. The van der Waals surface area contributed by atoms with Crippen molar-refractivity contribution in [3.63, 3.8) is 0 Å². The van der Waals surface area contributed by atoms with E-state index in [0.717, 1.165) is 5.70 Å². The van der Waals surface area contributed by atoms with Gasteiger partial charge in [-0.2, -0.15) is 0 Å². The Hall–Kier alpha value is -0.920. The van der Waals surface area contributed by atoms with Crippen LogP contribution in [0, 0.1) is 0 Å². The lowest BCUT2D eigenvalue weighted by atomic mass is 10.2. The average Bonchev–Trinajstić information content (AvgIpc) is 1.77. The maximum absolute atomic E-state index is 5.46. The molecule has 44 valence electrons. The van der Waals surface area contributed by atoms with E-state index in [1.54, 1.807) is 12.3 Å². The van der Waals surface area contributed by atoms with E-state index in [2.05, 4.69) is 0 Å². The lowest BCUT2D eigenvalue weighted by Crippen LogP contribution is -2.17. The maximum atomic E-state index is 5.46. The van der Waals surface area contributed by atoms with Crippen LogP contribution in [-0.4, -0.2) is 6.10 Å².